The molecule has 2 aliphatic rings. The number of hydrogen-bond acceptors (Lipinski definition) is 5. The van der Waals surface area contributed by atoms with E-state index in [1.807, 2.05) is 0 Å². The highest BCUT2D eigenvalue weighted by Crippen LogP contribution is 2.33. The Morgan fingerprint density at radius 2 is 2.15 bits per heavy atom. The molecule has 4 N–H and O–H groups in total. The molecule has 0 spiro atoms. The van der Waals surface area contributed by atoms with Crippen LogP contribution in [0.25, 0.3) is 0 Å². The number of nitrogens with zero attached hydrogens (tertiary/aromatic N) is 1. The lowest BCUT2D eigenvalue weighted by atomic mass is 10.1. The molecule has 9 heteroatoms. The zero-order valence-electron chi connectivity index (χ0n) is 14.2. The van der Waals surface area contributed by atoms with Crippen molar-refractivity contribution in [2.75, 3.05) is 36.5 Å². The van der Waals surface area contributed by atoms with Gasteiger partial charge in [0.2, 0.25) is 5.91 Å². The maximum Gasteiger partial charge on any atom is 0.265 e. The standard InChI is InChI=1S/C17H22F2N4O3/c18-16(19)12-7-11(22-17(25)13(8-20)21-10-1-2-10)3-4-14(12)23-5-6-26-9-15(23)24/h3-4,7,10,13,16,21H,1-2,5-6,8-9,20H2,(H,22,25)/t13-/m1/s1. The number of carbonyl (C=O) groups is 2. The van der Waals surface area contributed by atoms with Gasteiger partial charge in [0.15, 0.2) is 0 Å². The van der Waals surface area contributed by atoms with Crippen LogP contribution in [0.5, 0.6) is 0 Å². The lowest BCUT2D eigenvalue weighted by molar-refractivity contribution is -0.125. The summed E-state index contributed by atoms with van der Waals surface area (Å²) in [4.78, 5) is 25.5. The first-order chi connectivity index (χ1) is 12.5. The molecule has 0 radical (unpaired) electrons. The zero-order chi connectivity index (χ0) is 18.7. The van der Waals surface area contributed by atoms with Crippen molar-refractivity contribution in [3.63, 3.8) is 0 Å². The van der Waals surface area contributed by atoms with Crippen LogP contribution in [-0.4, -0.2) is 50.2 Å². The number of carbonyl (C=O) groups excluding carboxylic acids is 2. The molecule has 2 amide bonds. The highest BCUT2D eigenvalue weighted by atomic mass is 19.3. The van der Waals surface area contributed by atoms with Crippen molar-refractivity contribution in [3.8, 4) is 0 Å². The molecule has 1 aliphatic carbocycles. The molecule has 0 bridgehead atoms. The number of anilines is 2. The predicted molar refractivity (Wildman–Crippen MR) is 92.2 cm³/mol. The average Bonchev–Trinajstić information content (AvgIpc) is 3.44. The first-order valence-corrected chi connectivity index (χ1v) is 8.56. The number of morpholine rings is 1. The Hall–Kier alpha value is -2.10. The molecule has 0 unspecified atom stereocenters. The second-order valence-electron chi connectivity index (χ2n) is 6.39. The molecule has 142 valence electrons. The van der Waals surface area contributed by atoms with Gasteiger partial charge in [-0.25, -0.2) is 8.78 Å². The number of ether oxygens (including phenoxy) is 1. The van der Waals surface area contributed by atoms with Gasteiger partial charge in [0, 0.05) is 30.4 Å². The minimum Gasteiger partial charge on any atom is -0.370 e. The molecular formula is C17H22F2N4O3. The van der Waals surface area contributed by atoms with Crippen LogP contribution in [0, 0.1) is 0 Å². The van der Waals surface area contributed by atoms with Crippen LogP contribution in [0.15, 0.2) is 18.2 Å². The van der Waals surface area contributed by atoms with Crippen LogP contribution in [0.3, 0.4) is 0 Å². The van der Waals surface area contributed by atoms with E-state index in [0.29, 0.717) is 6.04 Å². The predicted octanol–water partition coefficient (Wildman–Crippen LogP) is 1.01. The fraction of sp³-hybridized carbons (Fsp3) is 0.529. The molecule has 26 heavy (non-hydrogen) atoms. The lowest BCUT2D eigenvalue weighted by Gasteiger charge is -2.29. The number of rotatable bonds is 7. The van der Waals surface area contributed by atoms with Crippen LogP contribution in [0.1, 0.15) is 24.8 Å². The van der Waals surface area contributed by atoms with Gasteiger partial charge in [-0.15, -0.1) is 0 Å². The number of hydrogen-bond donors (Lipinski definition) is 3. The van der Waals surface area contributed by atoms with E-state index in [-0.39, 0.29) is 55.1 Å². The minimum atomic E-state index is -2.78. The van der Waals surface area contributed by atoms with Gasteiger partial charge in [0.1, 0.15) is 6.61 Å². The molecule has 2 fully saturated rings. The summed E-state index contributed by atoms with van der Waals surface area (Å²) in [5.74, 6) is -0.735. The van der Waals surface area contributed by atoms with Crippen LogP contribution < -0.4 is 21.3 Å². The van der Waals surface area contributed by atoms with Crippen molar-refractivity contribution in [3.05, 3.63) is 23.8 Å². The van der Waals surface area contributed by atoms with Crippen LogP contribution in [0.4, 0.5) is 20.2 Å². The largest absolute Gasteiger partial charge is 0.370 e. The molecule has 7 nitrogen and oxygen atoms in total. The lowest BCUT2D eigenvalue weighted by Crippen LogP contribution is -2.46. The Balaban J connectivity index is 1.77. The van der Waals surface area contributed by atoms with Gasteiger partial charge in [-0.3, -0.25) is 9.59 Å². The van der Waals surface area contributed by atoms with E-state index >= 15 is 0 Å². The molecule has 0 aromatic heterocycles. The number of nitrogens with one attached hydrogen (secondary N) is 2. The monoisotopic (exact) mass is 368 g/mol. The number of amides is 2. The fourth-order valence-electron chi connectivity index (χ4n) is 2.84. The molecule has 1 aromatic rings. The quantitative estimate of drug-likeness (QED) is 0.667. The van der Waals surface area contributed by atoms with E-state index in [1.165, 1.54) is 23.1 Å². The van der Waals surface area contributed by atoms with Gasteiger partial charge in [-0.2, -0.15) is 0 Å². The topological polar surface area (TPSA) is 96.7 Å². The summed E-state index contributed by atoms with van der Waals surface area (Å²) in [5.41, 5.74) is 5.69. The second kappa shape index (κ2) is 8.07. The first kappa shape index (κ1) is 18.7. The Bertz CT molecular complexity index is 682. The molecule has 1 aliphatic heterocycles. The van der Waals surface area contributed by atoms with Gasteiger partial charge in [0.25, 0.3) is 12.3 Å². The van der Waals surface area contributed by atoms with Crippen molar-refractivity contribution >= 4 is 23.2 Å². The summed E-state index contributed by atoms with van der Waals surface area (Å²) in [6.07, 6.45) is -0.782. The maximum absolute atomic E-state index is 13.5. The highest BCUT2D eigenvalue weighted by molar-refractivity contribution is 5.97. The third-order valence-corrected chi connectivity index (χ3v) is 4.37. The summed E-state index contributed by atoms with van der Waals surface area (Å²) in [7, 11) is 0. The van der Waals surface area contributed by atoms with Crippen molar-refractivity contribution in [1.82, 2.24) is 5.32 Å². The molecule has 1 atom stereocenters. The van der Waals surface area contributed by atoms with Gasteiger partial charge in [-0.1, -0.05) is 0 Å². The fourth-order valence-corrected chi connectivity index (χ4v) is 2.84. The van der Waals surface area contributed by atoms with Crippen LogP contribution >= 0.6 is 0 Å². The molecule has 3 rings (SSSR count). The van der Waals surface area contributed by atoms with Crippen molar-refractivity contribution in [1.29, 1.82) is 0 Å². The van der Waals surface area contributed by atoms with Crippen molar-refractivity contribution in [2.24, 2.45) is 5.73 Å². The van der Waals surface area contributed by atoms with E-state index in [2.05, 4.69) is 10.6 Å². The number of alkyl halides is 2. The van der Waals surface area contributed by atoms with Crippen LogP contribution in [0.2, 0.25) is 0 Å². The summed E-state index contributed by atoms with van der Waals surface area (Å²) >= 11 is 0. The molecule has 1 aromatic carbocycles. The van der Waals surface area contributed by atoms with Crippen molar-refractivity contribution in [2.45, 2.75) is 31.4 Å². The Morgan fingerprint density at radius 3 is 2.77 bits per heavy atom. The smallest absolute Gasteiger partial charge is 0.265 e. The van der Waals surface area contributed by atoms with Gasteiger partial charge < -0.3 is 26.0 Å². The molecule has 1 heterocycles. The SMILES string of the molecule is NC[C@@H](NC1CC1)C(=O)Nc1ccc(N2CCOCC2=O)c(C(F)F)c1. The summed E-state index contributed by atoms with van der Waals surface area (Å²) in [6.45, 7) is 0.485. The van der Waals surface area contributed by atoms with E-state index in [1.54, 1.807) is 0 Å². The average molecular weight is 368 g/mol. The molecule has 1 saturated heterocycles. The minimum absolute atomic E-state index is 0.115. The number of halogens is 2. The summed E-state index contributed by atoms with van der Waals surface area (Å²) in [6, 6.07) is 3.85. The second-order valence-corrected chi connectivity index (χ2v) is 6.39. The van der Waals surface area contributed by atoms with E-state index in [0.717, 1.165) is 12.8 Å². The zero-order valence-corrected chi connectivity index (χ0v) is 14.2. The third kappa shape index (κ3) is 4.35. The Kier molecular flexibility index (Phi) is 5.80. The van der Waals surface area contributed by atoms with Crippen molar-refractivity contribution < 1.29 is 23.1 Å². The van der Waals surface area contributed by atoms with Gasteiger partial charge >= 0.3 is 0 Å². The summed E-state index contributed by atoms with van der Waals surface area (Å²) < 4.78 is 32.1. The van der Waals surface area contributed by atoms with Crippen LogP contribution in [-0.2, 0) is 14.3 Å². The first-order valence-electron chi connectivity index (χ1n) is 8.56. The number of benzene rings is 1. The number of nitrogens with two attached hydrogens (primary N) is 1. The maximum atomic E-state index is 13.5. The summed E-state index contributed by atoms with van der Waals surface area (Å²) in [5, 5.41) is 5.73. The third-order valence-electron chi connectivity index (χ3n) is 4.37. The highest BCUT2D eigenvalue weighted by Gasteiger charge is 2.29. The Morgan fingerprint density at radius 1 is 1.38 bits per heavy atom. The van der Waals surface area contributed by atoms with E-state index < -0.39 is 12.5 Å². The normalized spacial score (nSPS) is 18.9. The molecule has 1 saturated carbocycles. The van der Waals surface area contributed by atoms with E-state index in [9.17, 15) is 18.4 Å². The van der Waals surface area contributed by atoms with Gasteiger partial charge in [0.05, 0.1) is 18.3 Å². The van der Waals surface area contributed by atoms with Gasteiger partial charge in [-0.05, 0) is 31.0 Å². The van der Waals surface area contributed by atoms with E-state index in [4.69, 9.17) is 10.5 Å². The molecular weight excluding hydrogens is 346 g/mol. The Labute approximate surface area is 149 Å².